The molecule has 0 aliphatic heterocycles. The van der Waals surface area contributed by atoms with Gasteiger partial charge in [0, 0.05) is 5.88 Å². The quantitative estimate of drug-likeness (QED) is 0.602. The second-order valence-corrected chi connectivity index (χ2v) is 2.61. The summed E-state index contributed by atoms with van der Waals surface area (Å²) in [6.07, 6.45) is -2.82. The van der Waals surface area contributed by atoms with Gasteiger partial charge in [-0.15, -0.1) is 11.6 Å². The lowest BCUT2D eigenvalue weighted by Gasteiger charge is -2.05. The predicted molar refractivity (Wildman–Crippen MR) is 43.1 cm³/mol. The van der Waals surface area contributed by atoms with Gasteiger partial charge in [0.2, 0.25) is 5.95 Å². The third kappa shape index (κ3) is 2.03. The van der Waals surface area contributed by atoms with Gasteiger partial charge < -0.3 is 5.73 Å². The van der Waals surface area contributed by atoms with Gasteiger partial charge in [-0.25, -0.2) is 13.8 Å². The summed E-state index contributed by atoms with van der Waals surface area (Å²) in [5.41, 5.74) is 4.40. The molecule has 1 rings (SSSR count). The van der Waals surface area contributed by atoms with E-state index in [9.17, 15) is 13.2 Å². The third-order valence-electron chi connectivity index (χ3n) is 1.49. The summed E-state index contributed by atoms with van der Waals surface area (Å²) in [5, 5.41) is 0. The fraction of sp³-hybridized carbons (Fsp3) is 0.286. The molecule has 0 aliphatic carbocycles. The van der Waals surface area contributed by atoms with Crippen molar-refractivity contribution in [3.63, 3.8) is 0 Å². The number of nitrogens with zero attached hydrogens (tertiary/aromatic N) is 1. The fourth-order valence-electron chi connectivity index (χ4n) is 0.817. The highest BCUT2D eigenvalue weighted by Crippen LogP contribution is 2.23. The SMILES string of the molecule is Nc1c(CCl)cc(C(F)F)nc1F. The first kappa shape index (κ1) is 10.1. The molecule has 13 heavy (non-hydrogen) atoms. The lowest BCUT2D eigenvalue weighted by molar-refractivity contribution is 0.145. The summed E-state index contributed by atoms with van der Waals surface area (Å²) in [6.45, 7) is 0. The van der Waals surface area contributed by atoms with Crippen LogP contribution in [0.4, 0.5) is 18.9 Å². The molecule has 0 saturated heterocycles. The third-order valence-corrected chi connectivity index (χ3v) is 1.77. The van der Waals surface area contributed by atoms with E-state index in [1.165, 1.54) is 0 Å². The molecule has 6 heteroatoms. The van der Waals surface area contributed by atoms with Crippen molar-refractivity contribution < 1.29 is 13.2 Å². The molecule has 0 amide bonds. The van der Waals surface area contributed by atoms with Crippen LogP contribution in [0.1, 0.15) is 17.7 Å². The average Bonchev–Trinajstić information content (AvgIpc) is 2.09. The van der Waals surface area contributed by atoms with E-state index in [0.29, 0.717) is 0 Å². The highest BCUT2D eigenvalue weighted by Gasteiger charge is 2.15. The van der Waals surface area contributed by atoms with Crippen LogP contribution in [0.2, 0.25) is 0 Å². The lowest BCUT2D eigenvalue weighted by atomic mass is 10.2. The van der Waals surface area contributed by atoms with E-state index in [2.05, 4.69) is 4.98 Å². The van der Waals surface area contributed by atoms with Crippen LogP contribution in [0.25, 0.3) is 0 Å². The minimum absolute atomic E-state index is 0.120. The minimum Gasteiger partial charge on any atom is -0.395 e. The Morgan fingerprint density at radius 3 is 2.62 bits per heavy atom. The van der Waals surface area contributed by atoms with Gasteiger partial charge in [-0.1, -0.05) is 0 Å². The molecular weight excluding hydrogens is 205 g/mol. The van der Waals surface area contributed by atoms with E-state index in [1.54, 1.807) is 0 Å². The van der Waals surface area contributed by atoms with Crippen LogP contribution in [-0.4, -0.2) is 4.98 Å². The van der Waals surface area contributed by atoms with Crippen molar-refractivity contribution in [3.8, 4) is 0 Å². The number of nitrogens with two attached hydrogens (primary N) is 1. The van der Waals surface area contributed by atoms with Gasteiger partial charge in [0.05, 0.1) is 5.69 Å². The molecule has 2 nitrogen and oxygen atoms in total. The molecule has 1 aromatic rings. The fourth-order valence-corrected chi connectivity index (χ4v) is 1.04. The lowest BCUT2D eigenvalue weighted by Crippen LogP contribution is -2.03. The Balaban J connectivity index is 3.22. The van der Waals surface area contributed by atoms with Gasteiger partial charge in [0.15, 0.2) is 0 Å². The van der Waals surface area contributed by atoms with Crippen LogP contribution in [0.15, 0.2) is 6.07 Å². The summed E-state index contributed by atoms with van der Waals surface area (Å²) in [4.78, 5) is 2.98. The Hall–Kier alpha value is -0.970. The zero-order chi connectivity index (χ0) is 10.0. The maximum atomic E-state index is 12.8. The number of hydrogen-bond donors (Lipinski definition) is 1. The second kappa shape index (κ2) is 3.83. The van der Waals surface area contributed by atoms with Crippen LogP contribution >= 0.6 is 11.6 Å². The van der Waals surface area contributed by atoms with Crippen LogP contribution in [0, 0.1) is 5.95 Å². The summed E-state index contributed by atoms with van der Waals surface area (Å²) in [5.74, 6) is -1.22. The molecule has 2 N–H and O–H groups in total. The number of nitrogen functional groups attached to an aromatic ring is 1. The second-order valence-electron chi connectivity index (χ2n) is 2.35. The van der Waals surface area contributed by atoms with E-state index in [4.69, 9.17) is 17.3 Å². The molecule has 1 aromatic heterocycles. The number of aromatic nitrogens is 1. The number of hydrogen-bond acceptors (Lipinski definition) is 2. The zero-order valence-corrected chi connectivity index (χ0v) is 7.15. The summed E-state index contributed by atoms with van der Waals surface area (Å²) >= 11 is 5.36. The molecule has 0 radical (unpaired) electrons. The van der Waals surface area contributed by atoms with Gasteiger partial charge in [-0.05, 0) is 11.6 Å². The maximum Gasteiger partial charge on any atom is 0.280 e. The van der Waals surface area contributed by atoms with Crippen molar-refractivity contribution in [1.29, 1.82) is 0 Å². The number of halogens is 4. The first-order valence-electron chi connectivity index (χ1n) is 3.35. The first-order chi connectivity index (χ1) is 6.06. The van der Waals surface area contributed by atoms with Crippen molar-refractivity contribution in [2.75, 3.05) is 5.73 Å². The molecule has 0 fully saturated rings. The van der Waals surface area contributed by atoms with Gasteiger partial charge in [0.25, 0.3) is 6.43 Å². The number of anilines is 1. The molecule has 0 aromatic carbocycles. The Morgan fingerprint density at radius 2 is 2.15 bits per heavy atom. The maximum absolute atomic E-state index is 12.8. The Labute approximate surface area is 77.5 Å². The number of pyridine rings is 1. The van der Waals surface area contributed by atoms with Gasteiger partial charge in [-0.2, -0.15) is 4.39 Å². The standard InChI is InChI=1S/C7H6ClF3N2/c8-2-3-1-4(6(9)10)13-7(11)5(3)12/h1,6H,2,12H2. The first-order valence-corrected chi connectivity index (χ1v) is 3.88. The van der Waals surface area contributed by atoms with E-state index in [1.807, 2.05) is 0 Å². The minimum atomic E-state index is -2.82. The van der Waals surface area contributed by atoms with Gasteiger partial charge >= 0.3 is 0 Å². The molecule has 0 unspecified atom stereocenters. The molecule has 1 heterocycles. The molecule has 0 bridgehead atoms. The van der Waals surface area contributed by atoms with Crippen molar-refractivity contribution in [2.45, 2.75) is 12.3 Å². The normalized spacial score (nSPS) is 10.8. The average molecular weight is 211 g/mol. The topological polar surface area (TPSA) is 38.9 Å². The van der Waals surface area contributed by atoms with E-state index < -0.39 is 18.1 Å². The molecule has 0 aliphatic rings. The molecule has 72 valence electrons. The highest BCUT2D eigenvalue weighted by atomic mass is 35.5. The summed E-state index contributed by atoms with van der Waals surface area (Å²) in [6, 6.07) is 0.996. The van der Waals surface area contributed by atoms with Gasteiger partial charge in [-0.3, -0.25) is 0 Å². The largest absolute Gasteiger partial charge is 0.395 e. The molecule has 0 atom stereocenters. The van der Waals surface area contributed by atoms with Crippen molar-refractivity contribution >= 4 is 17.3 Å². The van der Waals surface area contributed by atoms with Crippen molar-refractivity contribution in [3.05, 3.63) is 23.3 Å². The van der Waals surface area contributed by atoms with E-state index in [0.717, 1.165) is 6.07 Å². The van der Waals surface area contributed by atoms with E-state index in [-0.39, 0.29) is 17.1 Å². The van der Waals surface area contributed by atoms with E-state index >= 15 is 0 Å². The van der Waals surface area contributed by atoms with Crippen LogP contribution in [0.5, 0.6) is 0 Å². The predicted octanol–water partition coefficient (Wildman–Crippen LogP) is 2.48. The Bertz CT molecular complexity index is 317. The number of alkyl halides is 3. The Morgan fingerprint density at radius 1 is 1.54 bits per heavy atom. The number of rotatable bonds is 2. The smallest absolute Gasteiger partial charge is 0.280 e. The Kier molecular flexibility index (Phi) is 2.98. The summed E-state index contributed by atoms with van der Waals surface area (Å²) in [7, 11) is 0. The zero-order valence-electron chi connectivity index (χ0n) is 6.40. The summed E-state index contributed by atoms with van der Waals surface area (Å²) < 4.78 is 36.9. The van der Waals surface area contributed by atoms with Gasteiger partial charge in [0.1, 0.15) is 5.69 Å². The monoisotopic (exact) mass is 210 g/mol. The van der Waals surface area contributed by atoms with Crippen molar-refractivity contribution in [2.24, 2.45) is 0 Å². The van der Waals surface area contributed by atoms with Crippen LogP contribution < -0.4 is 5.73 Å². The molecule has 0 saturated carbocycles. The molecular formula is C7H6ClF3N2. The molecule has 0 spiro atoms. The van der Waals surface area contributed by atoms with Crippen LogP contribution in [-0.2, 0) is 5.88 Å². The van der Waals surface area contributed by atoms with Crippen LogP contribution in [0.3, 0.4) is 0 Å². The highest BCUT2D eigenvalue weighted by molar-refractivity contribution is 6.17. The van der Waals surface area contributed by atoms with Crippen molar-refractivity contribution in [1.82, 2.24) is 4.98 Å².